The van der Waals surface area contributed by atoms with Gasteiger partial charge in [0.15, 0.2) is 0 Å². The molecule has 1 heterocycles. The zero-order valence-electron chi connectivity index (χ0n) is 20.4. The van der Waals surface area contributed by atoms with Crippen LogP contribution >= 0.6 is 0 Å². The van der Waals surface area contributed by atoms with Crippen LogP contribution in [0.2, 0.25) is 0 Å². The minimum atomic E-state index is -0.440. The second-order valence-electron chi connectivity index (χ2n) is 10.4. The van der Waals surface area contributed by atoms with E-state index in [1.54, 1.807) is 0 Å². The largest absolute Gasteiger partial charge is 0.444 e. The number of nitrogens with one attached hydrogen (secondary N) is 1. The lowest BCUT2D eigenvalue weighted by molar-refractivity contribution is 0.0302. The Balaban J connectivity index is 2.64. The summed E-state index contributed by atoms with van der Waals surface area (Å²) in [6.45, 7) is 14.9. The summed E-state index contributed by atoms with van der Waals surface area (Å²) in [6.07, 6.45) is 16.5. The molecule has 29 heavy (non-hydrogen) atoms. The molecule has 1 amide bonds. The monoisotopic (exact) mass is 410 g/mol. The van der Waals surface area contributed by atoms with Crippen LogP contribution in [0, 0.1) is 0 Å². The highest BCUT2D eigenvalue weighted by Crippen LogP contribution is 2.32. The summed E-state index contributed by atoms with van der Waals surface area (Å²) in [7, 11) is 0. The van der Waals surface area contributed by atoms with Crippen LogP contribution in [0.4, 0.5) is 4.79 Å². The Morgan fingerprint density at radius 3 is 2.03 bits per heavy atom. The number of nitrogens with zero attached hydrogens (tertiary/aromatic N) is 1. The maximum atomic E-state index is 12.2. The normalized spacial score (nSPS) is 20.3. The molecule has 0 bridgehead atoms. The first kappa shape index (κ1) is 26.3. The van der Waals surface area contributed by atoms with Gasteiger partial charge in [-0.15, -0.1) is 0 Å². The molecule has 4 heteroatoms. The van der Waals surface area contributed by atoms with E-state index >= 15 is 0 Å². The highest BCUT2D eigenvalue weighted by molar-refractivity contribution is 5.68. The van der Waals surface area contributed by atoms with Gasteiger partial charge in [-0.3, -0.25) is 4.90 Å². The standard InChI is InChI=1S/C25H50N2O2/c1-7-9-11-13-15-19-25(6,18-14-12-10-8-2)27-20-16-17-22(21-27)26-23(28)29-24(3,4)5/h22H,7-21H2,1-6H3,(H,26,28). The van der Waals surface area contributed by atoms with Crippen LogP contribution in [0.1, 0.15) is 125 Å². The molecule has 0 aliphatic carbocycles. The van der Waals surface area contributed by atoms with E-state index < -0.39 is 5.60 Å². The maximum Gasteiger partial charge on any atom is 0.407 e. The number of amides is 1. The number of carbonyl (C=O) groups is 1. The Hall–Kier alpha value is -0.770. The summed E-state index contributed by atoms with van der Waals surface area (Å²) in [5.41, 5.74) is -0.182. The molecule has 1 saturated heterocycles. The van der Waals surface area contributed by atoms with Crippen molar-refractivity contribution in [3.63, 3.8) is 0 Å². The van der Waals surface area contributed by atoms with Crippen molar-refractivity contribution in [2.24, 2.45) is 0 Å². The van der Waals surface area contributed by atoms with E-state index in [0.29, 0.717) is 0 Å². The van der Waals surface area contributed by atoms with Crippen molar-refractivity contribution >= 4 is 6.09 Å². The Bertz CT molecular complexity index is 447. The molecule has 4 nitrogen and oxygen atoms in total. The molecular formula is C25H50N2O2. The molecule has 0 saturated carbocycles. The fraction of sp³-hybridized carbons (Fsp3) is 0.960. The molecule has 172 valence electrons. The number of unbranched alkanes of at least 4 members (excludes halogenated alkanes) is 7. The molecule has 1 rings (SSSR count). The molecule has 2 atom stereocenters. The van der Waals surface area contributed by atoms with Crippen molar-refractivity contribution in [1.29, 1.82) is 0 Å². The van der Waals surface area contributed by atoms with Gasteiger partial charge < -0.3 is 10.1 Å². The van der Waals surface area contributed by atoms with Gasteiger partial charge in [-0.05, 0) is 59.9 Å². The molecule has 0 spiro atoms. The Morgan fingerprint density at radius 1 is 0.931 bits per heavy atom. The lowest BCUT2D eigenvalue weighted by Gasteiger charge is -2.46. The van der Waals surface area contributed by atoms with Crippen LogP contribution in [-0.4, -0.2) is 41.3 Å². The zero-order chi connectivity index (χ0) is 21.8. The van der Waals surface area contributed by atoms with E-state index in [2.05, 4.69) is 31.0 Å². The number of alkyl carbamates (subject to hydrolysis) is 1. The van der Waals surface area contributed by atoms with Gasteiger partial charge in [0.1, 0.15) is 5.60 Å². The van der Waals surface area contributed by atoms with Crippen molar-refractivity contribution in [3.05, 3.63) is 0 Å². The topological polar surface area (TPSA) is 41.6 Å². The van der Waals surface area contributed by atoms with E-state index in [0.717, 1.165) is 25.9 Å². The Labute approximate surface area is 181 Å². The first-order chi connectivity index (χ1) is 13.7. The fourth-order valence-corrected chi connectivity index (χ4v) is 4.54. The van der Waals surface area contributed by atoms with E-state index in [9.17, 15) is 4.79 Å². The minimum absolute atomic E-state index is 0.202. The lowest BCUT2D eigenvalue weighted by atomic mass is 9.84. The van der Waals surface area contributed by atoms with Gasteiger partial charge in [0.05, 0.1) is 0 Å². The van der Waals surface area contributed by atoms with E-state index in [1.165, 1.54) is 70.6 Å². The van der Waals surface area contributed by atoms with Crippen molar-refractivity contribution in [2.45, 2.75) is 142 Å². The van der Waals surface area contributed by atoms with Gasteiger partial charge in [0, 0.05) is 18.1 Å². The SMILES string of the molecule is CCCCCCCC(C)(CCCCCC)N1CCCC(NC(=O)OC(C)(C)C)C1. The first-order valence-corrected chi connectivity index (χ1v) is 12.4. The van der Waals surface area contributed by atoms with Gasteiger partial charge in [-0.2, -0.15) is 0 Å². The van der Waals surface area contributed by atoms with Crippen LogP contribution in [0.25, 0.3) is 0 Å². The average Bonchev–Trinajstić information content (AvgIpc) is 2.64. The number of carbonyl (C=O) groups excluding carboxylic acids is 1. The predicted molar refractivity (Wildman–Crippen MR) is 125 cm³/mol. The second kappa shape index (κ2) is 13.5. The Kier molecular flexibility index (Phi) is 12.2. The van der Waals surface area contributed by atoms with Crippen molar-refractivity contribution < 1.29 is 9.53 Å². The molecule has 0 aromatic rings. The highest BCUT2D eigenvalue weighted by atomic mass is 16.6. The lowest BCUT2D eigenvalue weighted by Crippen LogP contribution is -2.56. The number of rotatable bonds is 13. The molecule has 2 unspecified atom stereocenters. The van der Waals surface area contributed by atoms with Crippen LogP contribution in [0.15, 0.2) is 0 Å². The molecule has 1 aliphatic rings. The minimum Gasteiger partial charge on any atom is -0.444 e. The molecule has 1 aliphatic heterocycles. The third kappa shape index (κ3) is 11.3. The third-order valence-corrected chi connectivity index (χ3v) is 6.29. The van der Waals surface area contributed by atoms with Crippen LogP contribution in [0.5, 0.6) is 0 Å². The van der Waals surface area contributed by atoms with E-state index in [4.69, 9.17) is 4.74 Å². The molecule has 1 fully saturated rings. The molecule has 0 aromatic carbocycles. The average molecular weight is 411 g/mol. The summed E-state index contributed by atoms with van der Waals surface area (Å²) < 4.78 is 5.49. The predicted octanol–water partition coefficient (Wildman–Crippen LogP) is 7.07. The number of likely N-dealkylation sites (tertiary alicyclic amines) is 1. The molecule has 0 radical (unpaired) electrons. The summed E-state index contributed by atoms with van der Waals surface area (Å²) in [4.78, 5) is 14.9. The van der Waals surface area contributed by atoms with Crippen LogP contribution < -0.4 is 5.32 Å². The van der Waals surface area contributed by atoms with Gasteiger partial charge in [0.25, 0.3) is 0 Å². The third-order valence-electron chi connectivity index (χ3n) is 6.29. The summed E-state index contributed by atoms with van der Waals surface area (Å²) in [5, 5.41) is 3.14. The fourth-order valence-electron chi connectivity index (χ4n) is 4.54. The summed E-state index contributed by atoms with van der Waals surface area (Å²) in [5.74, 6) is 0. The Morgan fingerprint density at radius 2 is 1.48 bits per heavy atom. The van der Waals surface area contributed by atoms with Crippen LogP contribution in [0.3, 0.4) is 0 Å². The van der Waals surface area contributed by atoms with Gasteiger partial charge in [-0.1, -0.05) is 71.6 Å². The van der Waals surface area contributed by atoms with Crippen molar-refractivity contribution in [2.75, 3.05) is 13.1 Å². The first-order valence-electron chi connectivity index (χ1n) is 12.4. The van der Waals surface area contributed by atoms with E-state index in [1.807, 2.05) is 20.8 Å². The number of hydrogen-bond donors (Lipinski definition) is 1. The second-order valence-corrected chi connectivity index (χ2v) is 10.4. The smallest absolute Gasteiger partial charge is 0.407 e. The number of ether oxygens (including phenoxy) is 1. The molecular weight excluding hydrogens is 360 g/mol. The van der Waals surface area contributed by atoms with Gasteiger partial charge >= 0.3 is 6.09 Å². The zero-order valence-corrected chi connectivity index (χ0v) is 20.4. The number of hydrogen-bond acceptors (Lipinski definition) is 3. The summed E-state index contributed by atoms with van der Waals surface area (Å²) >= 11 is 0. The molecule has 1 N–H and O–H groups in total. The maximum absolute atomic E-state index is 12.2. The van der Waals surface area contributed by atoms with Crippen molar-refractivity contribution in [3.8, 4) is 0 Å². The highest BCUT2D eigenvalue weighted by Gasteiger charge is 2.35. The summed E-state index contributed by atoms with van der Waals surface area (Å²) in [6, 6.07) is 0.202. The van der Waals surface area contributed by atoms with E-state index in [-0.39, 0.29) is 17.7 Å². The molecule has 0 aromatic heterocycles. The van der Waals surface area contributed by atoms with Crippen LogP contribution in [-0.2, 0) is 4.74 Å². The van der Waals surface area contributed by atoms with Gasteiger partial charge in [-0.25, -0.2) is 4.79 Å². The van der Waals surface area contributed by atoms with Crippen molar-refractivity contribution in [1.82, 2.24) is 10.2 Å². The van der Waals surface area contributed by atoms with Gasteiger partial charge in [0.2, 0.25) is 0 Å². The quantitative estimate of drug-likeness (QED) is 0.330. The number of piperidine rings is 1.